The highest BCUT2D eigenvalue weighted by Crippen LogP contribution is 2.38. The number of aryl methyl sites for hydroxylation is 2. The molecule has 1 aliphatic heterocycles. The summed E-state index contributed by atoms with van der Waals surface area (Å²) >= 11 is 0. The van der Waals surface area contributed by atoms with Gasteiger partial charge in [-0.2, -0.15) is 5.10 Å². The van der Waals surface area contributed by atoms with Gasteiger partial charge in [-0.05, 0) is 18.4 Å². The molecule has 0 amide bonds. The van der Waals surface area contributed by atoms with E-state index in [0.717, 1.165) is 18.8 Å². The highest BCUT2D eigenvalue weighted by molar-refractivity contribution is 5.19. The molecule has 1 unspecified atom stereocenters. The minimum atomic E-state index is 0.347. The Labute approximate surface area is 85.5 Å². The van der Waals surface area contributed by atoms with Crippen molar-refractivity contribution in [1.29, 1.82) is 0 Å². The molecule has 0 saturated carbocycles. The lowest BCUT2D eigenvalue weighted by atomic mass is 9.80. The molecule has 1 fully saturated rings. The maximum Gasteiger partial charge on any atom is 0.0596 e. The molecule has 1 aliphatic rings. The molecule has 1 aromatic heterocycles. The van der Waals surface area contributed by atoms with Gasteiger partial charge in [0.25, 0.3) is 0 Å². The van der Waals surface area contributed by atoms with Crippen LogP contribution in [0.1, 0.15) is 31.2 Å². The highest BCUT2D eigenvalue weighted by atomic mass is 15.3. The second-order valence-electron chi connectivity index (χ2n) is 5.01. The van der Waals surface area contributed by atoms with Crippen LogP contribution in [0.4, 0.5) is 0 Å². The number of hydrogen-bond acceptors (Lipinski definition) is 2. The Balaban J connectivity index is 2.35. The van der Waals surface area contributed by atoms with E-state index in [4.69, 9.17) is 0 Å². The Morgan fingerprint density at radius 1 is 1.57 bits per heavy atom. The maximum absolute atomic E-state index is 4.41. The fourth-order valence-electron chi connectivity index (χ4n) is 2.40. The van der Waals surface area contributed by atoms with Crippen molar-refractivity contribution in [3.63, 3.8) is 0 Å². The van der Waals surface area contributed by atoms with E-state index < -0.39 is 0 Å². The summed E-state index contributed by atoms with van der Waals surface area (Å²) in [6, 6.07) is 2.21. The summed E-state index contributed by atoms with van der Waals surface area (Å²) in [5.74, 6) is 0.591. The van der Waals surface area contributed by atoms with Crippen LogP contribution in [0, 0.1) is 12.3 Å². The SMILES string of the molecule is Cc1cc(C2CNCC2(C)C)n(C)n1. The summed E-state index contributed by atoms with van der Waals surface area (Å²) in [4.78, 5) is 0. The summed E-state index contributed by atoms with van der Waals surface area (Å²) < 4.78 is 2.02. The lowest BCUT2D eigenvalue weighted by Gasteiger charge is -2.25. The van der Waals surface area contributed by atoms with E-state index >= 15 is 0 Å². The summed E-state index contributed by atoms with van der Waals surface area (Å²) in [5.41, 5.74) is 2.82. The van der Waals surface area contributed by atoms with Crippen molar-refractivity contribution in [3.05, 3.63) is 17.5 Å². The number of rotatable bonds is 1. The molecule has 1 saturated heterocycles. The molecular weight excluding hydrogens is 174 g/mol. The molecular formula is C11H19N3. The fraction of sp³-hybridized carbons (Fsp3) is 0.727. The lowest BCUT2D eigenvalue weighted by Crippen LogP contribution is -2.22. The smallest absolute Gasteiger partial charge is 0.0596 e. The number of aromatic nitrogens is 2. The summed E-state index contributed by atoms with van der Waals surface area (Å²) in [6.07, 6.45) is 0. The first kappa shape index (κ1) is 9.71. The van der Waals surface area contributed by atoms with Crippen LogP contribution < -0.4 is 5.32 Å². The molecule has 0 radical (unpaired) electrons. The van der Waals surface area contributed by atoms with Gasteiger partial charge in [-0.3, -0.25) is 4.68 Å². The maximum atomic E-state index is 4.41. The zero-order valence-electron chi connectivity index (χ0n) is 9.46. The minimum absolute atomic E-state index is 0.347. The van der Waals surface area contributed by atoms with E-state index in [2.05, 4.69) is 37.3 Å². The fourth-order valence-corrected chi connectivity index (χ4v) is 2.40. The van der Waals surface area contributed by atoms with E-state index in [0.29, 0.717) is 11.3 Å². The van der Waals surface area contributed by atoms with Crippen molar-refractivity contribution in [3.8, 4) is 0 Å². The molecule has 0 spiro atoms. The van der Waals surface area contributed by atoms with Gasteiger partial charge in [0.15, 0.2) is 0 Å². The molecule has 78 valence electrons. The first-order chi connectivity index (χ1) is 6.50. The predicted molar refractivity (Wildman–Crippen MR) is 57.3 cm³/mol. The third kappa shape index (κ3) is 1.46. The van der Waals surface area contributed by atoms with Crippen LogP contribution in [-0.2, 0) is 7.05 Å². The first-order valence-corrected chi connectivity index (χ1v) is 5.22. The molecule has 3 nitrogen and oxygen atoms in total. The van der Waals surface area contributed by atoms with E-state index in [-0.39, 0.29) is 0 Å². The zero-order valence-corrected chi connectivity index (χ0v) is 9.46. The largest absolute Gasteiger partial charge is 0.315 e. The quantitative estimate of drug-likeness (QED) is 0.731. The van der Waals surface area contributed by atoms with Crippen LogP contribution in [0.15, 0.2) is 6.07 Å². The zero-order chi connectivity index (χ0) is 10.3. The Morgan fingerprint density at radius 3 is 2.71 bits per heavy atom. The Morgan fingerprint density at radius 2 is 2.29 bits per heavy atom. The third-order valence-corrected chi connectivity index (χ3v) is 3.27. The molecule has 1 aromatic rings. The van der Waals surface area contributed by atoms with Gasteiger partial charge in [0, 0.05) is 31.7 Å². The average molecular weight is 193 g/mol. The van der Waals surface area contributed by atoms with Crippen molar-refractivity contribution in [2.45, 2.75) is 26.7 Å². The molecule has 0 aromatic carbocycles. The van der Waals surface area contributed by atoms with Gasteiger partial charge < -0.3 is 5.32 Å². The molecule has 1 N–H and O–H groups in total. The standard InChI is InChI=1S/C11H19N3/c1-8-5-10(14(4)13-8)9-6-12-7-11(9,2)3/h5,9,12H,6-7H2,1-4H3. The normalized spacial score (nSPS) is 25.6. The van der Waals surface area contributed by atoms with Crippen molar-refractivity contribution >= 4 is 0 Å². The monoisotopic (exact) mass is 193 g/mol. The van der Waals surface area contributed by atoms with E-state index in [1.807, 2.05) is 11.7 Å². The second kappa shape index (κ2) is 3.09. The number of nitrogens with one attached hydrogen (secondary N) is 1. The van der Waals surface area contributed by atoms with Crippen LogP contribution in [0.5, 0.6) is 0 Å². The van der Waals surface area contributed by atoms with Gasteiger partial charge in [-0.25, -0.2) is 0 Å². The third-order valence-electron chi connectivity index (χ3n) is 3.27. The summed E-state index contributed by atoms with van der Waals surface area (Å²) in [7, 11) is 2.04. The van der Waals surface area contributed by atoms with E-state index in [1.165, 1.54) is 5.69 Å². The Hall–Kier alpha value is -0.830. The van der Waals surface area contributed by atoms with Gasteiger partial charge in [0.05, 0.1) is 5.69 Å². The molecule has 0 aliphatic carbocycles. The van der Waals surface area contributed by atoms with Gasteiger partial charge in [0.1, 0.15) is 0 Å². The summed E-state index contributed by atoms with van der Waals surface area (Å²) in [5, 5.41) is 7.87. The molecule has 1 atom stereocenters. The second-order valence-corrected chi connectivity index (χ2v) is 5.01. The number of nitrogens with zero attached hydrogens (tertiary/aromatic N) is 2. The number of hydrogen-bond donors (Lipinski definition) is 1. The van der Waals surface area contributed by atoms with Crippen LogP contribution in [0.2, 0.25) is 0 Å². The lowest BCUT2D eigenvalue weighted by molar-refractivity contribution is 0.350. The molecule has 2 heterocycles. The van der Waals surface area contributed by atoms with Crippen molar-refractivity contribution in [2.24, 2.45) is 12.5 Å². The predicted octanol–water partition coefficient (Wildman–Crippen LogP) is 1.44. The van der Waals surface area contributed by atoms with Crippen molar-refractivity contribution < 1.29 is 0 Å². The van der Waals surface area contributed by atoms with Gasteiger partial charge >= 0.3 is 0 Å². The van der Waals surface area contributed by atoms with Crippen molar-refractivity contribution in [1.82, 2.24) is 15.1 Å². The van der Waals surface area contributed by atoms with Gasteiger partial charge in [0.2, 0.25) is 0 Å². The van der Waals surface area contributed by atoms with Crippen molar-refractivity contribution in [2.75, 3.05) is 13.1 Å². The Kier molecular flexibility index (Phi) is 2.14. The van der Waals surface area contributed by atoms with E-state index in [1.54, 1.807) is 0 Å². The minimum Gasteiger partial charge on any atom is -0.315 e. The summed E-state index contributed by atoms with van der Waals surface area (Å²) in [6.45, 7) is 8.87. The van der Waals surface area contributed by atoms with Crippen LogP contribution in [0.25, 0.3) is 0 Å². The first-order valence-electron chi connectivity index (χ1n) is 5.22. The average Bonchev–Trinajstić information content (AvgIpc) is 2.54. The molecule has 3 heteroatoms. The van der Waals surface area contributed by atoms with Crippen LogP contribution in [0.3, 0.4) is 0 Å². The molecule has 0 bridgehead atoms. The topological polar surface area (TPSA) is 29.9 Å². The van der Waals surface area contributed by atoms with Gasteiger partial charge in [-0.1, -0.05) is 13.8 Å². The van der Waals surface area contributed by atoms with Crippen LogP contribution in [-0.4, -0.2) is 22.9 Å². The molecule has 14 heavy (non-hydrogen) atoms. The Bertz CT molecular complexity index is 338. The van der Waals surface area contributed by atoms with Crippen LogP contribution >= 0.6 is 0 Å². The molecule has 2 rings (SSSR count). The van der Waals surface area contributed by atoms with E-state index in [9.17, 15) is 0 Å². The van der Waals surface area contributed by atoms with Gasteiger partial charge in [-0.15, -0.1) is 0 Å². The highest BCUT2D eigenvalue weighted by Gasteiger charge is 2.37.